The molecule has 0 fully saturated rings. The van der Waals surface area contributed by atoms with E-state index in [1.165, 1.54) is 24.3 Å². The van der Waals surface area contributed by atoms with Gasteiger partial charge in [-0.25, -0.2) is 0 Å². The van der Waals surface area contributed by atoms with E-state index in [0.29, 0.717) is 19.0 Å². The summed E-state index contributed by atoms with van der Waals surface area (Å²) >= 11 is 0. The minimum Gasteiger partial charge on any atom is -0.508 e. The Hall–Kier alpha value is -2.57. The van der Waals surface area contributed by atoms with Crippen LogP contribution < -0.4 is 14.2 Å². The van der Waals surface area contributed by atoms with Gasteiger partial charge < -0.3 is 19.3 Å². The van der Waals surface area contributed by atoms with E-state index in [4.69, 9.17) is 9.47 Å². The molecule has 0 aliphatic heterocycles. The second-order valence-electron chi connectivity index (χ2n) is 7.69. The van der Waals surface area contributed by atoms with Gasteiger partial charge in [0.25, 0.3) is 0 Å². The van der Waals surface area contributed by atoms with Crippen LogP contribution in [0.25, 0.3) is 0 Å². The SMILES string of the molecule is CC(C)c1cc(O)cc(C(C)C)c1OCCCCOc1ccc(OC(F)(F)F)cc1. The number of aromatic hydroxyl groups is 1. The van der Waals surface area contributed by atoms with Crippen LogP contribution in [0.3, 0.4) is 0 Å². The normalized spacial score (nSPS) is 11.8. The first-order chi connectivity index (χ1) is 14.1. The summed E-state index contributed by atoms with van der Waals surface area (Å²) in [5.41, 5.74) is 1.97. The van der Waals surface area contributed by atoms with Crippen LogP contribution in [0.4, 0.5) is 13.2 Å². The zero-order valence-electron chi connectivity index (χ0n) is 17.8. The van der Waals surface area contributed by atoms with Gasteiger partial charge in [0.05, 0.1) is 13.2 Å². The molecule has 0 aromatic heterocycles. The van der Waals surface area contributed by atoms with Crippen LogP contribution in [-0.2, 0) is 0 Å². The predicted octanol–water partition coefficient (Wildman–Crippen LogP) is 6.78. The van der Waals surface area contributed by atoms with Crippen molar-refractivity contribution in [3.63, 3.8) is 0 Å². The standard InChI is InChI=1S/C23H29F3O4/c1-15(2)20-13-17(27)14-21(16(3)4)22(20)29-12-6-5-11-28-18-7-9-19(10-8-18)30-23(24,25)26/h7-10,13-16,27H,5-6,11-12H2,1-4H3. The van der Waals surface area contributed by atoms with E-state index in [1.807, 2.05) is 0 Å². The van der Waals surface area contributed by atoms with Gasteiger partial charge in [-0.05, 0) is 61.1 Å². The molecular formula is C23H29F3O4. The number of ether oxygens (including phenoxy) is 3. The molecule has 0 amide bonds. The average molecular weight is 426 g/mol. The molecule has 2 aromatic rings. The summed E-state index contributed by atoms with van der Waals surface area (Å²) in [6, 6.07) is 8.83. The number of alkyl halides is 3. The lowest BCUT2D eigenvalue weighted by Crippen LogP contribution is -2.16. The highest BCUT2D eigenvalue weighted by Crippen LogP contribution is 2.38. The van der Waals surface area contributed by atoms with Crippen molar-refractivity contribution >= 4 is 0 Å². The lowest BCUT2D eigenvalue weighted by molar-refractivity contribution is -0.274. The minimum atomic E-state index is -4.70. The Kier molecular flexibility index (Phi) is 8.26. The fourth-order valence-corrected chi connectivity index (χ4v) is 2.99. The van der Waals surface area contributed by atoms with Crippen molar-refractivity contribution in [1.82, 2.24) is 0 Å². The molecule has 0 aliphatic rings. The maximum absolute atomic E-state index is 12.2. The topological polar surface area (TPSA) is 47.9 Å². The van der Waals surface area contributed by atoms with E-state index in [2.05, 4.69) is 32.4 Å². The molecule has 0 saturated carbocycles. The maximum Gasteiger partial charge on any atom is 0.573 e. The quantitative estimate of drug-likeness (QED) is 0.426. The lowest BCUT2D eigenvalue weighted by Gasteiger charge is -2.20. The number of phenolic OH excluding ortho intramolecular Hbond substituents is 1. The maximum atomic E-state index is 12.2. The number of rotatable bonds is 10. The van der Waals surface area contributed by atoms with Crippen molar-refractivity contribution in [2.45, 2.75) is 58.7 Å². The number of hydrogen-bond acceptors (Lipinski definition) is 4. The molecule has 0 spiro atoms. The number of halogens is 3. The first-order valence-corrected chi connectivity index (χ1v) is 10.0. The van der Waals surface area contributed by atoms with Crippen molar-refractivity contribution < 1.29 is 32.5 Å². The van der Waals surface area contributed by atoms with Gasteiger partial charge in [0, 0.05) is 11.1 Å². The van der Waals surface area contributed by atoms with Crippen LogP contribution in [0.2, 0.25) is 0 Å². The molecule has 2 rings (SSSR count). The highest BCUT2D eigenvalue weighted by molar-refractivity contribution is 5.49. The molecule has 0 saturated heterocycles. The third-order valence-corrected chi connectivity index (χ3v) is 4.49. The van der Waals surface area contributed by atoms with Crippen molar-refractivity contribution in [2.75, 3.05) is 13.2 Å². The number of hydrogen-bond donors (Lipinski definition) is 1. The van der Waals surface area contributed by atoms with Crippen LogP contribution in [0.1, 0.15) is 63.5 Å². The molecule has 0 heterocycles. The molecule has 0 radical (unpaired) electrons. The molecule has 0 aliphatic carbocycles. The summed E-state index contributed by atoms with van der Waals surface area (Å²) in [4.78, 5) is 0. The molecule has 4 nitrogen and oxygen atoms in total. The smallest absolute Gasteiger partial charge is 0.508 e. The molecule has 0 bridgehead atoms. The molecule has 166 valence electrons. The minimum absolute atomic E-state index is 0.220. The highest BCUT2D eigenvalue weighted by Gasteiger charge is 2.31. The molecule has 1 N–H and O–H groups in total. The van der Waals surface area contributed by atoms with E-state index in [-0.39, 0.29) is 23.3 Å². The third kappa shape index (κ3) is 7.35. The lowest BCUT2D eigenvalue weighted by atomic mass is 9.93. The molecule has 0 atom stereocenters. The molecule has 7 heteroatoms. The average Bonchev–Trinajstić information content (AvgIpc) is 2.64. The van der Waals surface area contributed by atoms with E-state index >= 15 is 0 Å². The van der Waals surface area contributed by atoms with Gasteiger partial charge in [0.1, 0.15) is 23.0 Å². The van der Waals surface area contributed by atoms with E-state index in [0.717, 1.165) is 29.7 Å². The number of benzene rings is 2. The molecule has 0 unspecified atom stereocenters. The molecule has 30 heavy (non-hydrogen) atoms. The summed E-state index contributed by atoms with van der Waals surface area (Å²) in [6.45, 7) is 9.17. The van der Waals surface area contributed by atoms with Gasteiger partial charge in [-0.1, -0.05) is 27.7 Å². The summed E-state index contributed by atoms with van der Waals surface area (Å²) in [6.07, 6.45) is -3.22. The number of unbranched alkanes of at least 4 members (excludes halogenated alkanes) is 1. The van der Waals surface area contributed by atoms with Crippen LogP contribution in [0.5, 0.6) is 23.0 Å². The van der Waals surface area contributed by atoms with E-state index in [1.54, 1.807) is 12.1 Å². The Morgan fingerprint density at radius 2 is 1.27 bits per heavy atom. The van der Waals surface area contributed by atoms with E-state index in [9.17, 15) is 18.3 Å². The molecular weight excluding hydrogens is 397 g/mol. The van der Waals surface area contributed by atoms with Crippen LogP contribution >= 0.6 is 0 Å². The van der Waals surface area contributed by atoms with Gasteiger partial charge in [-0.3, -0.25) is 0 Å². The number of phenols is 1. The van der Waals surface area contributed by atoms with Crippen molar-refractivity contribution in [3.05, 3.63) is 47.5 Å². The highest BCUT2D eigenvalue weighted by atomic mass is 19.4. The third-order valence-electron chi connectivity index (χ3n) is 4.49. The summed E-state index contributed by atoms with van der Waals surface area (Å²) in [5, 5.41) is 10.0. The van der Waals surface area contributed by atoms with Gasteiger partial charge in [0.15, 0.2) is 0 Å². The summed E-state index contributed by atoms with van der Waals surface area (Å²) in [7, 11) is 0. The fraction of sp³-hybridized carbons (Fsp3) is 0.478. The molecule has 2 aromatic carbocycles. The zero-order chi connectivity index (χ0) is 22.3. The monoisotopic (exact) mass is 426 g/mol. The van der Waals surface area contributed by atoms with Crippen LogP contribution in [0.15, 0.2) is 36.4 Å². The summed E-state index contributed by atoms with van der Waals surface area (Å²) < 4.78 is 52.0. The second-order valence-corrected chi connectivity index (χ2v) is 7.69. The largest absolute Gasteiger partial charge is 0.573 e. The Bertz CT molecular complexity index is 770. The van der Waals surface area contributed by atoms with Crippen molar-refractivity contribution in [3.8, 4) is 23.0 Å². The van der Waals surface area contributed by atoms with Crippen molar-refractivity contribution in [1.29, 1.82) is 0 Å². The van der Waals surface area contributed by atoms with Gasteiger partial charge in [-0.2, -0.15) is 0 Å². The van der Waals surface area contributed by atoms with Gasteiger partial charge in [0.2, 0.25) is 0 Å². The Morgan fingerprint density at radius 1 is 0.800 bits per heavy atom. The second kappa shape index (κ2) is 10.5. The van der Waals surface area contributed by atoms with Gasteiger partial charge in [-0.15, -0.1) is 13.2 Å². The van der Waals surface area contributed by atoms with Crippen molar-refractivity contribution in [2.24, 2.45) is 0 Å². The Morgan fingerprint density at radius 3 is 1.73 bits per heavy atom. The predicted molar refractivity (Wildman–Crippen MR) is 110 cm³/mol. The first-order valence-electron chi connectivity index (χ1n) is 10.0. The summed E-state index contributed by atoms with van der Waals surface area (Å²) in [5.74, 6) is 1.72. The zero-order valence-corrected chi connectivity index (χ0v) is 17.8. The van der Waals surface area contributed by atoms with Crippen LogP contribution in [-0.4, -0.2) is 24.7 Å². The Labute approximate surface area is 175 Å². The van der Waals surface area contributed by atoms with E-state index < -0.39 is 6.36 Å². The van der Waals surface area contributed by atoms with Crippen LogP contribution in [0, 0.1) is 0 Å². The van der Waals surface area contributed by atoms with Gasteiger partial charge >= 0.3 is 6.36 Å². The first kappa shape index (κ1) is 23.7. The fourth-order valence-electron chi connectivity index (χ4n) is 2.99. The Balaban J connectivity index is 1.82.